The van der Waals surface area contributed by atoms with Gasteiger partial charge in [0.2, 0.25) is 0 Å². The van der Waals surface area contributed by atoms with Crippen molar-refractivity contribution in [3.05, 3.63) is 48.0 Å². The van der Waals surface area contributed by atoms with Crippen molar-refractivity contribution >= 4 is 5.69 Å². The Kier molecular flexibility index (Phi) is 2.90. The zero-order valence-corrected chi connectivity index (χ0v) is 10.0. The maximum absolute atomic E-state index is 8.79. The highest BCUT2D eigenvalue weighted by molar-refractivity contribution is 5.83. The van der Waals surface area contributed by atoms with Gasteiger partial charge in [-0.05, 0) is 29.3 Å². The zero-order valence-electron chi connectivity index (χ0n) is 10.0. The highest BCUT2D eigenvalue weighted by Gasteiger charge is 2.15. The molecule has 2 aromatic carbocycles. The van der Waals surface area contributed by atoms with Crippen molar-refractivity contribution in [1.29, 1.82) is 0 Å². The summed E-state index contributed by atoms with van der Waals surface area (Å²) >= 11 is 0. The molecule has 92 valence electrons. The molecule has 3 heteroatoms. The largest absolute Gasteiger partial charge is 0.491 e. The van der Waals surface area contributed by atoms with Crippen LogP contribution in [0.25, 0.3) is 11.1 Å². The summed E-state index contributed by atoms with van der Waals surface area (Å²) in [4.78, 5) is 0. The number of fused-ring (bicyclic) bond motifs is 3. The molecular formula is C15H15NO2. The van der Waals surface area contributed by atoms with Crippen molar-refractivity contribution in [2.24, 2.45) is 0 Å². The molecule has 0 radical (unpaired) electrons. The number of hydrogen-bond acceptors (Lipinski definition) is 3. The Labute approximate surface area is 106 Å². The van der Waals surface area contributed by atoms with E-state index in [0.29, 0.717) is 6.61 Å². The van der Waals surface area contributed by atoms with Crippen molar-refractivity contribution in [2.45, 2.75) is 6.54 Å². The van der Waals surface area contributed by atoms with Crippen molar-refractivity contribution in [2.75, 3.05) is 18.5 Å². The van der Waals surface area contributed by atoms with E-state index in [1.54, 1.807) is 0 Å². The Balaban J connectivity index is 2.02. The van der Waals surface area contributed by atoms with E-state index < -0.39 is 0 Å². The van der Waals surface area contributed by atoms with Gasteiger partial charge in [0.05, 0.1) is 6.61 Å². The summed E-state index contributed by atoms with van der Waals surface area (Å²) in [5, 5.41) is 12.2. The van der Waals surface area contributed by atoms with Gasteiger partial charge in [-0.15, -0.1) is 0 Å². The number of anilines is 1. The maximum atomic E-state index is 8.79. The van der Waals surface area contributed by atoms with Crippen LogP contribution in [-0.2, 0) is 6.54 Å². The molecule has 0 saturated carbocycles. The van der Waals surface area contributed by atoms with Crippen LogP contribution in [0.15, 0.2) is 42.5 Å². The van der Waals surface area contributed by atoms with Crippen LogP contribution in [0.5, 0.6) is 5.75 Å². The molecule has 0 aliphatic carbocycles. The number of ether oxygens (including phenoxy) is 1. The third-order valence-corrected chi connectivity index (χ3v) is 3.13. The fourth-order valence-corrected chi connectivity index (χ4v) is 2.28. The summed E-state index contributed by atoms with van der Waals surface area (Å²) in [5.41, 5.74) is 4.84. The highest BCUT2D eigenvalue weighted by atomic mass is 16.5. The smallest absolute Gasteiger partial charge is 0.120 e. The standard InChI is InChI=1S/C15H15NO2/c17-7-8-18-12-5-6-15-14(9-12)13-4-2-1-3-11(13)10-16-15/h1-6,9,16-17H,7-8,10H2. The molecule has 0 atom stereocenters. The SMILES string of the molecule is OCCOc1ccc2c(c1)-c1ccccc1CN2. The number of rotatable bonds is 3. The molecule has 3 rings (SSSR count). The van der Waals surface area contributed by atoms with Gasteiger partial charge in [0.15, 0.2) is 0 Å². The Morgan fingerprint density at radius 1 is 1.11 bits per heavy atom. The maximum Gasteiger partial charge on any atom is 0.120 e. The number of aliphatic hydroxyl groups is 1. The lowest BCUT2D eigenvalue weighted by Gasteiger charge is -2.22. The molecule has 0 bridgehead atoms. The molecule has 0 aromatic heterocycles. The van der Waals surface area contributed by atoms with E-state index >= 15 is 0 Å². The molecule has 1 heterocycles. The first-order valence-electron chi connectivity index (χ1n) is 6.08. The summed E-state index contributed by atoms with van der Waals surface area (Å²) in [6, 6.07) is 14.3. The van der Waals surface area contributed by atoms with Gasteiger partial charge in [-0.2, -0.15) is 0 Å². The summed E-state index contributed by atoms with van der Waals surface area (Å²) < 4.78 is 5.46. The molecule has 1 aliphatic rings. The van der Waals surface area contributed by atoms with Crippen LogP contribution < -0.4 is 10.1 Å². The quantitative estimate of drug-likeness (QED) is 0.868. The second kappa shape index (κ2) is 4.70. The molecule has 0 amide bonds. The highest BCUT2D eigenvalue weighted by Crippen LogP contribution is 2.37. The van der Waals surface area contributed by atoms with Gasteiger partial charge in [-0.1, -0.05) is 24.3 Å². The minimum atomic E-state index is 0.0337. The van der Waals surface area contributed by atoms with E-state index in [1.807, 2.05) is 18.2 Å². The Hall–Kier alpha value is -2.00. The molecule has 0 saturated heterocycles. The second-order valence-electron chi connectivity index (χ2n) is 4.29. The van der Waals surface area contributed by atoms with E-state index in [4.69, 9.17) is 9.84 Å². The fraction of sp³-hybridized carbons (Fsp3) is 0.200. The first-order chi connectivity index (χ1) is 8.88. The lowest BCUT2D eigenvalue weighted by atomic mass is 9.95. The Bertz CT molecular complexity index is 566. The average molecular weight is 241 g/mol. The van der Waals surface area contributed by atoms with Crippen molar-refractivity contribution in [3.63, 3.8) is 0 Å². The predicted molar refractivity (Wildman–Crippen MR) is 71.8 cm³/mol. The molecule has 1 aliphatic heterocycles. The van der Waals surface area contributed by atoms with Crippen molar-refractivity contribution in [3.8, 4) is 16.9 Å². The van der Waals surface area contributed by atoms with E-state index in [1.165, 1.54) is 11.1 Å². The van der Waals surface area contributed by atoms with Gasteiger partial charge < -0.3 is 15.2 Å². The predicted octanol–water partition coefficient (Wildman–Crippen LogP) is 2.65. The van der Waals surface area contributed by atoms with Crippen molar-refractivity contribution < 1.29 is 9.84 Å². The van der Waals surface area contributed by atoms with E-state index in [0.717, 1.165) is 23.5 Å². The van der Waals surface area contributed by atoms with E-state index in [9.17, 15) is 0 Å². The van der Waals surface area contributed by atoms with Crippen LogP contribution in [-0.4, -0.2) is 18.3 Å². The van der Waals surface area contributed by atoms with Crippen LogP contribution in [0, 0.1) is 0 Å². The van der Waals surface area contributed by atoms with Gasteiger partial charge in [0.25, 0.3) is 0 Å². The Morgan fingerprint density at radius 2 is 2.00 bits per heavy atom. The molecule has 2 N–H and O–H groups in total. The molecule has 0 unspecified atom stereocenters. The number of hydrogen-bond donors (Lipinski definition) is 2. The summed E-state index contributed by atoms with van der Waals surface area (Å²) in [6.07, 6.45) is 0. The third kappa shape index (κ3) is 1.93. The first kappa shape index (κ1) is 11.1. The first-order valence-corrected chi connectivity index (χ1v) is 6.08. The summed E-state index contributed by atoms with van der Waals surface area (Å²) in [5.74, 6) is 0.793. The van der Waals surface area contributed by atoms with Gasteiger partial charge in [0.1, 0.15) is 12.4 Å². The van der Waals surface area contributed by atoms with Crippen LogP contribution in [0.2, 0.25) is 0 Å². The second-order valence-corrected chi connectivity index (χ2v) is 4.29. The van der Waals surface area contributed by atoms with Gasteiger partial charge in [-0.25, -0.2) is 0 Å². The normalized spacial score (nSPS) is 12.3. The number of aliphatic hydroxyl groups excluding tert-OH is 1. The number of benzene rings is 2. The van der Waals surface area contributed by atoms with Crippen LogP contribution >= 0.6 is 0 Å². The lowest BCUT2D eigenvalue weighted by molar-refractivity contribution is 0.201. The monoisotopic (exact) mass is 241 g/mol. The average Bonchev–Trinajstić information content (AvgIpc) is 2.45. The Morgan fingerprint density at radius 3 is 2.89 bits per heavy atom. The molecule has 0 spiro atoms. The zero-order chi connectivity index (χ0) is 12.4. The minimum absolute atomic E-state index is 0.0337. The van der Waals surface area contributed by atoms with Gasteiger partial charge >= 0.3 is 0 Å². The third-order valence-electron chi connectivity index (χ3n) is 3.13. The van der Waals surface area contributed by atoms with Crippen LogP contribution in [0.1, 0.15) is 5.56 Å². The van der Waals surface area contributed by atoms with Crippen LogP contribution in [0.3, 0.4) is 0 Å². The number of nitrogens with one attached hydrogen (secondary N) is 1. The summed E-state index contributed by atoms with van der Waals surface area (Å²) in [7, 11) is 0. The minimum Gasteiger partial charge on any atom is -0.491 e. The van der Waals surface area contributed by atoms with E-state index in [-0.39, 0.29) is 6.61 Å². The van der Waals surface area contributed by atoms with Gasteiger partial charge in [-0.3, -0.25) is 0 Å². The molecule has 0 fully saturated rings. The molecule has 3 nitrogen and oxygen atoms in total. The molecule has 2 aromatic rings. The lowest BCUT2D eigenvalue weighted by Crippen LogP contribution is -2.09. The van der Waals surface area contributed by atoms with Gasteiger partial charge in [0, 0.05) is 17.8 Å². The molecule has 18 heavy (non-hydrogen) atoms. The van der Waals surface area contributed by atoms with Crippen molar-refractivity contribution in [1.82, 2.24) is 0 Å². The van der Waals surface area contributed by atoms with Crippen LogP contribution in [0.4, 0.5) is 5.69 Å². The molecular weight excluding hydrogens is 226 g/mol. The van der Waals surface area contributed by atoms with E-state index in [2.05, 4.69) is 29.6 Å². The topological polar surface area (TPSA) is 41.5 Å². The summed E-state index contributed by atoms with van der Waals surface area (Å²) in [6.45, 7) is 1.22. The fourth-order valence-electron chi connectivity index (χ4n) is 2.28.